The third-order valence-corrected chi connectivity index (χ3v) is 2.20. The van der Waals surface area contributed by atoms with Gasteiger partial charge in [-0.2, -0.15) is 0 Å². The van der Waals surface area contributed by atoms with E-state index in [1.807, 2.05) is 0 Å². The van der Waals surface area contributed by atoms with E-state index >= 15 is 0 Å². The number of rotatable bonds is 10. The Balaban J connectivity index is 3.59. The molecule has 0 atom stereocenters. The lowest BCUT2D eigenvalue weighted by Crippen LogP contribution is -2.27. The molecule has 0 aliphatic carbocycles. The van der Waals surface area contributed by atoms with Crippen LogP contribution in [0, 0.1) is 0 Å². The summed E-state index contributed by atoms with van der Waals surface area (Å²) in [5.41, 5.74) is 0. The first kappa shape index (κ1) is 13.3. The van der Waals surface area contributed by atoms with Gasteiger partial charge < -0.3 is 14.5 Å². The van der Waals surface area contributed by atoms with Crippen LogP contribution in [0.5, 0.6) is 0 Å². The van der Waals surface area contributed by atoms with Crippen molar-refractivity contribution in [2.24, 2.45) is 0 Å². The lowest BCUT2D eigenvalue weighted by atomic mass is 10.2. The van der Waals surface area contributed by atoms with E-state index in [0.29, 0.717) is 12.8 Å². The van der Waals surface area contributed by atoms with Crippen LogP contribution in [0.15, 0.2) is 0 Å². The van der Waals surface area contributed by atoms with E-state index < -0.39 is 0 Å². The van der Waals surface area contributed by atoms with E-state index in [1.54, 1.807) is 0 Å². The monoisotopic (exact) mass is 199 g/mol. The first-order valence-electron chi connectivity index (χ1n) is 5.44. The second-order valence-electron chi connectivity index (χ2n) is 3.46. The van der Waals surface area contributed by atoms with Gasteiger partial charge in [-0.15, -0.1) is 0 Å². The molecule has 0 unspecified atom stereocenters. The predicted octanol–water partition coefficient (Wildman–Crippen LogP) is 1.66. The summed E-state index contributed by atoms with van der Waals surface area (Å²) in [5, 5.41) is 0. The first-order chi connectivity index (χ1) is 6.85. The maximum atomic E-state index is 10.2. The van der Waals surface area contributed by atoms with Gasteiger partial charge in [-0.05, 0) is 13.0 Å². The van der Waals surface area contributed by atoms with Crippen LogP contribution in [0.1, 0.15) is 39.0 Å². The van der Waals surface area contributed by atoms with E-state index in [0.717, 1.165) is 38.6 Å². The molecule has 0 heterocycles. The Kier molecular flexibility index (Phi) is 9.86. The number of hydrogen-bond donors (Lipinski definition) is 0. The maximum Gasteiger partial charge on any atom is 0.121 e. The van der Waals surface area contributed by atoms with Gasteiger partial charge in [0.1, 0.15) is 12.6 Å². The van der Waals surface area contributed by atoms with Crippen molar-refractivity contribution < 1.29 is 9.59 Å². The van der Waals surface area contributed by atoms with Crippen LogP contribution in [0.3, 0.4) is 0 Å². The van der Waals surface area contributed by atoms with Gasteiger partial charge in [0, 0.05) is 25.9 Å². The highest BCUT2D eigenvalue weighted by molar-refractivity contribution is 5.50. The second-order valence-corrected chi connectivity index (χ2v) is 3.46. The molecule has 0 aliphatic heterocycles. The van der Waals surface area contributed by atoms with Crippen molar-refractivity contribution in [1.82, 2.24) is 4.90 Å². The van der Waals surface area contributed by atoms with Crippen LogP contribution >= 0.6 is 0 Å². The largest absolute Gasteiger partial charge is 0.303 e. The fourth-order valence-corrected chi connectivity index (χ4v) is 1.39. The summed E-state index contributed by atoms with van der Waals surface area (Å²) in [6.45, 7) is 4.76. The minimum absolute atomic E-state index is 0.574. The molecule has 3 nitrogen and oxygen atoms in total. The van der Waals surface area contributed by atoms with Gasteiger partial charge in [-0.3, -0.25) is 0 Å². The van der Waals surface area contributed by atoms with E-state index in [-0.39, 0.29) is 0 Å². The molecule has 0 aromatic carbocycles. The molecule has 0 radical (unpaired) electrons. The maximum absolute atomic E-state index is 10.2. The lowest BCUT2D eigenvalue weighted by molar-refractivity contribution is -0.108. The molecular weight excluding hydrogens is 178 g/mol. The van der Waals surface area contributed by atoms with Crippen molar-refractivity contribution in [2.75, 3.05) is 19.6 Å². The van der Waals surface area contributed by atoms with Crippen molar-refractivity contribution in [3.63, 3.8) is 0 Å². The average molecular weight is 199 g/mol. The first-order valence-corrected chi connectivity index (χ1v) is 5.44. The summed E-state index contributed by atoms with van der Waals surface area (Å²) in [6, 6.07) is 0. The standard InChI is InChI=1S/C11H21NO2/c1-2-3-4-7-12(8-5-10-13)9-6-11-14/h10-11H,2-9H2,1H3. The minimum Gasteiger partial charge on any atom is -0.303 e. The molecule has 82 valence electrons. The Bertz CT molecular complexity index is 136. The molecule has 0 spiro atoms. The summed E-state index contributed by atoms with van der Waals surface area (Å²) in [6.07, 6.45) is 6.61. The summed E-state index contributed by atoms with van der Waals surface area (Å²) in [4.78, 5) is 22.6. The Labute approximate surface area is 86.5 Å². The molecule has 0 fully saturated rings. The molecule has 0 amide bonds. The molecule has 0 aliphatic rings. The molecule has 0 aromatic heterocycles. The molecule has 14 heavy (non-hydrogen) atoms. The average Bonchev–Trinajstić information content (AvgIpc) is 2.21. The Morgan fingerprint density at radius 1 is 0.929 bits per heavy atom. The topological polar surface area (TPSA) is 37.4 Å². The van der Waals surface area contributed by atoms with E-state index in [2.05, 4.69) is 11.8 Å². The summed E-state index contributed by atoms with van der Waals surface area (Å²) < 4.78 is 0. The Morgan fingerprint density at radius 3 is 1.93 bits per heavy atom. The number of hydrogen-bond acceptors (Lipinski definition) is 3. The Hall–Kier alpha value is -0.700. The van der Waals surface area contributed by atoms with E-state index in [9.17, 15) is 9.59 Å². The highest BCUT2D eigenvalue weighted by Gasteiger charge is 2.02. The van der Waals surface area contributed by atoms with Crippen LogP contribution in [0.4, 0.5) is 0 Å². The zero-order valence-corrected chi connectivity index (χ0v) is 9.08. The third kappa shape index (κ3) is 7.92. The Morgan fingerprint density at radius 2 is 1.50 bits per heavy atom. The normalized spacial score (nSPS) is 10.4. The van der Waals surface area contributed by atoms with Crippen LogP contribution in [-0.2, 0) is 9.59 Å². The van der Waals surface area contributed by atoms with Gasteiger partial charge in [0.15, 0.2) is 0 Å². The van der Waals surface area contributed by atoms with Gasteiger partial charge in [0.2, 0.25) is 0 Å². The van der Waals surface area contributed by atoms with Crippen LogP contribution in [0.2, 0.25) is 0 Å². The van der Waals surface area contributed by atoms with E-state index in [4.69, 9.17) is 0 Å². The zero-order chi connectivity index (χ0) is 10.6. The number of aldehydes is 2. The summed E-state index contributed by atoms with van der Waals surface area (Å²) >= 11 is 0. The molecule has 0 rings (SSSR count). The van der Waals surface area contributed by atoms with Crippen molar-refractivity contribution in [2.45, 2.75) is 39.0 Å². The second kappa shape index (κ2) is 10.4. The number of carbonyl (C=O) groups excluding carboxylic acids is 2. The fourth-order valence-electron chi connectivity index (χ4n) is 1.39. The number of unbranched alkanes of at least 4 members (excludes halogenated alkanes) is 2. The predicted molar refractivity (Wildman–Crippen MR) is 57.3 cm³/mol. The SMILES string of the molecule is CCCCCN(CCC=O)CCC=O. The van der Waals surface area contributed by atoms with Gasteiger partial charge in [-0.25, -0.2) is 0 Å². The minimum atomic E-state index is 0.574. The molecule has 0 aromatic rings. The highest BCUT2D eigenvalue weighted by Crippen LogP contribution is 1.99. The quantitative estimate of drug-likeness (QED) is 0.396. The number of carbonyl (C=O) groups is 2. The fraction of sp³-hybridized carbons (Fsp3) is 0.818. The molecule has 0 N–H and O–H groups in total. The smallest absolute Gasteiger partial charge is 0.121 e. The number of nitrogens with zero attached hydrogens (tertiary/aromatic N) is 1. The van der Waals surface area contributed by atoms with Gasteiger partial charge in [-0.1, -0.05) is 19.8 Å². The zero-order valence-electron chi connectivity index (χ0n) is 9.08. The molecule has 0 bridgehead atoms. The summed E-state index contributed by atoms with van der Waals surface area (Å²) in [7, 11) is 0. The van der Waals surface area contributed by atoms with Crippen molar-refractivity contribution in [1.29, 1.82) is 0 Å². The summed E-state index contributed by atoms with van der Waals surface area (Å²) in [5.74, 6) is 0. The third-order valence-electron chi connectivity index (χ3n) is 2.20. The molecule has 3 heteroatoms. The molecule has 0 saturated carbocycles. The molecular formula is C11H21NO2. The van der Waals surface area contributed by atoms with Crippen LogP contribution in [0.25, 0.3) is 0 Å². The van der Waals surface area contributed by atoms with E-state index in [1.165, 1.54) is 12.8 Å². The van der Waals surface area contributed by atoms with Crippen LogP contribution in [-0.4, -0.2) is 37.1 Å². The highest BCUT2D eigenvalue weighted by atomic mass is 16.1. The lowest BCUT2D eigenvalue weighted by Gasteiger charge is -2.19. The van der Waals surface area contributed by atoms with Crippen molar-refractivity contribution in [3.8, 4) is 0 Å². The van der Waals surface area contributed by atoms with Gasteiger partial charge in [0.25, 0.3) is 0 Å². The van der Waals surface area contributed by atoms with Gasteiger partial charge >= 0.3 is 0 Å². The van der Waals surface area contributed by atoms with Crippen molar-refractivity contribution >= 4 is 12.6 Å². The van der Waals surface area contributed by atoms with Crippen LogP contribution < -0.4 is 0 Å². The van der Waals surface area contributed by atoms with Crippen molar-refractivity contribution in [3.05, 3.63) is 0 Å². The van der Waals surface area contributed by atoms with Gasteiger partial charge in [0.05, 0.1) is 0 Å². The molecule has 0 saturated heterocycles.